The van der Waals surface area contributed by atoms with Gasteiger partial charge in [0.1, 0.15) is 25.4 Å². The van der Waals surface area contributed by atoms with E-state index in [1.54, 1.807) is 0 Å². The molecule has 0 amide bonds. The highest BCUT2D eigenvalue weighted by Crippen LogP contribution is 2.09. The summed E-state index contributed by atoms with van der Waals surface area (Å²) < 4.78 is 9.55. The number of esters is 2. The highest BCUT2D eigenvalue weighted by molar-refractivity contribution is 5.69. The summed E-state index contributed by atoms with van der Waals surface area (Å²) in [5.41, 5.74) is 0. The number of ether oxygens (including phenoxy) is 2. The van der Waals surface area contributed by atoms with E-state index < -0.39 is 12.2 Å². The number of allylic oxidation sites excluding steroid dienone is 1. The van der Waals surface area contributed by atoms with Gasteiger partial charge < -0.3 is 29.9 Å². The Bertz CT molecular complexity index is 456. The molecular weight excluding hydrogens is 428 g/mol. The van der Waals surface area contributed by atoms with Gasteiger partial charge in [0.15, 0.2) is 0 Å². The van der Waals surface area contributed by atoms with Crippen LogP contribution in [0.5, 0.6) is 0 Å². The van der Waals surface area contributed by atoms with Gasteiger partial charge in [-0.25, -0.2) is 0 Å². The predicted molar refractivity (Wildman–Crippen MR) is 129 cm³/mol. The van der Waals surface area contributed by atoms with Crippen molar-refractivity contribution in [2.75, 3.05) is 26.4 Å². The maximum Gasteiger partial charge on any atom is 0.305 e. The summed E-state index contributed by atoms with van der Waals surface area (Å²) in [7, 11) is 0. The lowest BCUT2D eigenvalue weighted by Crippen LogP contribution is -2.21. The number of hydrogen-bond acceptors (Lipinski definition) is 8. The average Bonchev–Trinajstić information content (AvgIpc) is 2.82. The fraction of sp³-hybridized carbons (Fsp3) is 0.840. The Labute approximate surface area is 200 Å². The quantitative estimate of drug-likeness (QED) is 0.112. The minimum Gasteiger partial charge on any atom is -0.463 e. The summed E-state index contributed by atoms with van der Waals surface area (Å²) in [4.78, 5) is 22.3. The Kier molecular flexibility index (Phi) is 27.3. The van der Waals surface area contributed by atoms with E-state index in [0.717, 1.165) is 44.9 Å². The van der Waals surface area contributed by atoms with Crippen LogP contribution in [0.25, 0.3) is 0 Å². The number of carbonyl (C=O) groups is 2. The van der Waals surface area contributed by atoms with Gasteiger partial charge in [-0.3, -0.25) is 9.59 Å². The molecule has 0 radical (unpaired) electrons. The molecule has 0 aliphatic rings. The van der Waals surface area contributed by atoms with E-state index >= 15 is 0 Å². The maximum absolute atomic E-state index is 11.2. The van der Waals surface area contributed by atoms with Crippen molar-refractivity contribution in [3.05, 3.63) is 12.7 Å². The van der Waals surface area contributed by atoms with Crippen LogP contribution in [0.15, 0.2) is 12.7 Å². The first-order valence-electron chi connectivity index (χ1n) is 12.4. The van der Waals surface area contributed by atoms with Gasteiger partial charge in [0.25, 0.3) is 0 Å². The molecule has 0 aliphatic heterocycles. The van der Waals surface area contributed by atoms with E-state index in [9.17, 15) is 9.59 Å². The number of aliphatic hydroxyl groups excluding tert-OH is 4. The topological polar surface area (TPSA) is 134 Å². The summed E-state index contributed by atoms with van der Waals surface area (Å²) >= 11 is 0. The molecule has 0 aromatic heterocycles. The van der Waals surface area contributed by atoms with Crippen LogP contribution in [0.3, 0.4) is 0 Å². The standard InChI is InChI=1S/C14H26O4.C11H22O4/c1-2-3-4-5-6-7-8-9-10-14(17)18-12-13(16)11-15;1-2-3-4-5-6-7-11(14)15-9-10(13)8-12/h2,13,15-16H,1,3-12H2;10,12-13H,2-9H2,1H3. The van der Waals surface area contributed by atoms with Gasteiger partial charge in [0.05, 0.1) is 13.2 Å². The first kappa shape index (κ1) is 33.7. The van der Waals surface area contributed by atoms with Gasteiger partial charge in [0.2, 0.25) is 0 Å². The minimum absolute atomic E-state index is 0.107. The van der Waals surface area contributed by atoms with Crippen molar-refractivity contribution in [3.8, 4) is 0 Å². The fourth-order valence-electron chi connectivity index (χ4n) is 2.77. The van der Waals surface area contributed by atoms with Crippen LogP contribution < -0.4 is 0 Å². The van der Waals surface area contributed by atoms with Gasteiger partial charge in [-0.1, -0.05) is 64.4 Å². The summed E-state index contributed by atoms with van der Waals surface area (Å²) in [6.07, 6.45) is 14.0. The lowest BCUT2D eigenvalue weighted by molar-refractivity contribution is -0.148. The molecule has 0 aliphatic carbocycles. The van der Waals surface area contributed by atoms with Gasteiger partial charge in [0, 0.05) is 12.8 Å². The van der Waals surface area contributed by atoms with Gasteiger partial charge in [-0.05, 0) is 25.7 Å². The second-order valence-electron chi connectivity index (χ2n) is 8.15. The third kappa shape index (κ3) is 28.5. The summed E-state index contributed by atoms with van der Waals surface area (Å²) in [5.74, 6) is -0.590. The Balaban J connectivity index is 0. The summed E-state index contributed by atoms with van der Waals surface area (Å²) in [6, 6.07) is 0. The number of carbonyl (C=O) groups excluding carboxylic acids is 2. The zero-order valence-electron chi connectivity index (χ0n) is 20.6. The molecule has 0 fully saturated rings. The van der Waals surface area contributed by atoms with Gasteiger partial charge >= 0.3 is 11.9 Å². The van der Waals surface area contributed by atoms with E-state index in [4.69, 9.17) is 29.9 Å². The highest BCUT2D eigenvalue weighted by atomic mass is 16.5. The number of rotatable bonds is 21. The van der Waals surface area contributed by atoms with Crippen LogP contribution in [0, 0.1) is 0 Å². The monoisotopic (exact) mass is 476 g/mol. The van der Waals surface area contributed by atoms with Crippen molar-refractivity contribution < 1.29 is 39.5 Å². The van der Waals surface area contributed by atoms with Crippen molar-refractivity contribution >= 4 is 11.9 Å². The molecule has 196 valence electrons. The zero-order valence-corrected chi connectivity index (χ0v) is 20.6. The molecule has 0 rings (SSSR count). The molecule has 0 saturated carbocycles. The normalized spacial score (nSPS) is 12.3. The summed E-state index contributed by atoms with van der Waals surface area (Å²) in [5, 5.41) is 34.9. The van der Waals surface area contributed by atoms with Crippen LogP contribution in [0.1, 0.15) is 96.8 Å². The van der Waals surface area contributed by atoms with Crippen LogP contribution >= 0.6 is 0 Å². The Morgan fingerprint density at radius 2 is 1.12 bits per heavy atom. The van der Waals surface area contributed by atoms with Crippen molar-refractivity contribution in [2.45, 2.75) is 109 Å². The van der Waals surface area contributed by atoms with E-state index in [0.29, 0.717) is 12.8 Å². The molecular formula is C25H48O8. The first-order chi connectivity index (χ1) is 15.9. The largest absolute Gasteiger partial charge is 0.463 e. The van der Waals surface area contributed by atoms with Gasteiger partial charge in [-0.2, -0.15) is 0 Å². The van der Waals surface area contributed by atoms with Crippen molar-refractivity contribution in [2.24, 2.45) is 0 Å². The SMILES string of the molecule is C=CCCCCCCCCC(=O)OCC(O)CO.CCCCCCCC(=O)OCC(O)CO. The fourth-order valence-corrected chi connectivity index (χ4v) is 2.77. The Morgan fingerprint density at radius 3 is 1.52 bits per heavy atom. The second-order valence-corrected chi connectivity index (χ2v) is 8.15. The lowest BCUT2D eigenvalue weighted by Gasteiger charge is -2.08. The third-order valence-corrected chi connectivity index (χ3v) is 4.82. The third-order valence-electron chi connectivity index (χ3n) is 4.82. The molecule has 0 heterocycles. The first-order valence-corrected chi connectivity index (χ1v) is 12.4. The predicted octanol–water partition coefficient (Wildman–Crippen LogP) is 3.43. The van der Waals surface area contributed by atoms with Crippen LogP contribution in [0.4, 0.5) is 0 Å². The van der Waals surface area contributed by atoms with Crippen LogP contribution in [0.2, 0.25) is 0 Å². The second kappa shape index (κ2) is 26.8. The molecule has 8 nitrogen and oxygen atoms in total. The smallest absolute Gasteiger partial charge is 0.305 e. The molecule has 0 saturated heterocycles. The molecule has 2 atom stereocenters. The van der Waals surface area contributed by atoms with E-state index in [1.807, 2.05) is 6.08 Å². The molecule has 0 aromatic carbocycles. The highest BCUT2D eigenvalue weighted by Gasteiger charge is 2.08. The van der Waals surface area contributed by atoms with Crippen LogP contribution in [-0.4, -0.2) is 71.0 Å². The Hall–Kier alpha value is -1.48. The molecule has 0 bridgehead atoms. The Morgan fingerprint density at radius 1 is 0.727 bits per heavy atom. The lowest BCUT2D eigenvalue weighted by atomic mass is 10.1. The molecule has 4 N–H and O–H groups in total. The number of unbranched alkanes of at least 4 members (excludes halogenated alkanes) is 10. The van der Waals surface area contributed by atoms with Crippen molar-refractivity contribution in [3.63, 3.8) is 0 Å². The minimum atomic E-state index is -0.959. The molecule has 2 unspecified atom stereocenters. The number of hydrogen-bond donors (Lipinski definition) is 4. The van der Waals surface area contributed by atoms with Crippen molar-refractivity contribution in [1.82, 2.24) is 0 Å². The van der Waals surface area contributed by atoms with Crippen LogP contribution in [-0.2, 0) is 19.1 Å². The van der Waals surface area contributed by atoms with E-state index in [1.165, 1.54) is 32.1 Å². The molecule has 8 heteroatoms. The maximum atomic E-state index is 11.2. The van der Waals surface area contributed by atoms with Gasteiger partial charge in [-0.15, -0.1) is 6.58 Å². The van der Waals surface area contributed by atoms with Crippen molar-refractivity contribution in [1.29, 1.82) is 0 Å². The number of aliphatic hydroxyl groups is 4. The average molecular weight is 477 g/mol. The zero-order chi connectivity index (χ0) is 25.2. The molecule has 0 aromatic rings. The van der Waals surface area contributed by atoms with E-state index in [2.05, 4.69) is 13.5 Å². The van der Waals surface area contributed by atoms with E-state index in [-0.39, 0.29) is 38.4 Å². The molecule has 0 spiro atoms. The molecule has 33 heavy (non-hydrogen) atoms. The summed E-state index contributed by atoms with van der Waals surface area (Å²) in [6.45, 7) is 4.85.